The standard InChI is InChI=1S/C21H19F3N4O2/c1-30-16-4-2-3-14(9-16)17-10-18-20(29)26-12-19(28(18)27-17)25-11-13-5-7-15(8-6-13)21(22,23)24/h2-10,19,25H,11-12H2,1H3,(H,26,29)/t19-/m1/s1. The summed E-state index contributed by atoms with van der Waals surface area (Å²) in [7, 11) is 1.58. The molecule has 0 saturated carbocycles. The van der Waals surface area contributed by atoms with Crippen molar-refractivity contribution in [3.63, 3.8) is 0 Å². The molecule has 6 nitrogen and oxygen atoms in total. The van der Waals surface area contributed by atoms with E-state index in [0.29, 0.717) is 35.8 Å². The summed E-state index contributed by atoms with van der Waals surface area (Å²) in [6.45, 7) is 0.637. The number of hydrogen-bond acceptors (Lipinski definition) is 4. The number of amides is 1. The molecule has 4 rings (SSSR count). The van der Waals surface area contributed by atoms with Crippen LogP contribution < -0.4 is 15.4 Å². The molecule has 9 heteroatoms. The van der Waals surface area contributed by atoms with Crippen LogP contribution in [0.2, 0.25) is 0 Å². The van der Waals surface area contributed by atoms with E-state index < -0.39 is 11.7 Å². The van der Waals surface area contributed by atoms with Gasteiger partial charge in [-0.15, -0.1) is 0 Å². The molecular weight excluding hydrogens is 397 g/mol. The Balaban J connectivity index is 1.53. The second-order valence-corrected chi connectivity index (χ2v) is 6.89. The molecule has 0 radical (unpaired) electrons. The number of rotatable bonds is 5. The molecule has 2 aromatic carbocycles. The van der Waals surface area contributed by atoms with Gasteiger partial charge in [-0.05, 0) is 35.9 Å². The third kappa shape index (κ3) is 4.02. The normalized spacial score (nSPS) is 16.1. The molecule has 1 aromatic heterocycles. The Hall–Kier alpha value is -3.33. The van der Waals surface area contributed by atoms with Crippen molar-refractivity contribution in [2.24, 2.45) is 0 Å². The van der Waals surface area contributed by atoms with Gasteiger partial charge >= 0.3 is 6.18 Å². The van der Waals surface area contributed by atoms with E-state index >= 15 is 0 Å². The fraction of sp³-hybridized carbons (Fsp3) is 0.238. The van der Waals surface area contributed by atoms with Gasteiger partial charge in [-0.2, -0.15) is 18.3 Å². The minimum Gasteiger partial charge on any atom is -0.497 e. The molecule has 0 bridgehead atoms. The van der Waals surface area contributed by atoms with Gasteiger partial charge in [0, 0.05) is 12.1 Å². The van der Waals surface area contributed by atoms with Crippen LogP contribution in [0, 0.1) is 0 Å². The summed E-state index contributed by atoms with van der Waals surface area (Å²) in [6, 6.07) is 14.0. The molecule has 30 heavy (non-hydrogen) atoms. The number of carbonyl (C=O) groups excluding carboxylic acids is 1. The highest BCUT2D eigenvalue weighted by Crippen LogP contribution is 2.29. The van der Waals surface area contributed by atoms with Crippen LogP contribution in [0.5, 0.6) is 5.75 Å². The topological polar surface area (TPSA) is 68.2 Å². The van der Waals surface area contributed by atoms with Crippen molar-refractivity contribution in [1.82, 2.24) is 20.4 Å². The lowest BCUT2D eigenvalue weighted by Crippen LogP contribution is -2.45. The summed E-state index contributed by atoms with van der Waals surface area (Å²) in [5.41, 5.74) is 1.85. The van der Waals surface area contributed by atoms with Gasteiger partial charge in [0.1, 0.15) is 17.6 Å². The van der Waals surface area contributed by atoms with Crippen LogP contribution in [0.1, 0.15) is 27.8 Å². The van der Waals surface area contributed by atoms with Gasteiger partial charge in [0.05, 0.1) is 24.9 Å². The Morgan fingerprint density at radius 1 is 1.20 bits per heavy atom. The second-order valence-electron chi connectivity index (χ2n) is 6.89. The molecule has 0 saturated heterocycles. The van der Waals surface area contributed by atoms with Crippen LogP contribution in [-0.2, 0) is 12.7 Å². The lowest BCUT2D eigenvalue weighted by molar-refractivity contribution is -0.137. The quantitative estimate of drug-likeness (QED) is 0.667. The van der Waals surface area contributed by atoms with Crippen molar-refractivity contribution >= 4 is 5.91 Å². The number of alkyl halides is 3. The van der Waals surface area contributed by atoms with Crippen molar-refractivity contribution in [1.29, 1.82) is 0 Å². The number of nitrogens with zero attached hydrogens (tertiary/aromatic N) is 2. The van der Waals surface area contributed by atoms with Crippen molar-refractivity contribution in [2.45, 2.75) is 18.9 Å². The minimum atomic E-state index is -4.36. The van der Waals surface area contributed by atoms with E-state index in [1.54, 1.807) is 17.9 Å². The summed E-state index contributed by atoms with van der Waals surface area (Å²) in [4.78, 5) is 12.3. The van der Waals surface area contributed by atoms with Gasteiger partial charge in [0.15, 0.2) is 0 Å². The zero-order valence-electron chi connectivity index (χ0n) is 16.0. The number of carbonyl (C=O) groups is 1. The number of halogens is 3. The Kier molecular flexibility index (Phi) is 5.21. The van der Waals surface area contributed by atoms with E-state index in [4.69, 9.17) is 4.74 Å². The second kappa shape index (κ2) is 7.83. The van der Waals surface area contributed by atoms with Crippen molar-refractivity contribution in [3.05, 3.63) is 71.4 Å². The summed E-state index contributed by atoms with van der Waals surface area (Å²) in [6.07, 6.45) is -4.69. The molecule has 1 aliphatic heterocycles. The van der Waals surface area contributed by atoms with E-state index in [1.807, 2.05) is 24.3 Å². The largest absolute Gasteiger partial charge is 0.497 e. The van der Waals surface area contributed by atoms with Crippen LogP contribution >= 0.6 is 0 Å². The molecule has 1 atom stereocenters. The van der Waals surface area contributed by atoms with Crippen molar-refractivity contribution in [2.75, 3.05) is 13.7 Å². The van der Waals surface area contributed by atoms with E-state index in [9.17, 15) is 18.0 Å². The maximum absolute atomic E-state index is 12.7. The smallest absolute Gasteiger partial charge is 0.416 e. The van der Waals surface area contributed by atoms with Gasteiger partial charge < -0.3 is 10.1 Å². The van der Waals surface area contributed by atoms with Gasteiger partial charge in [-0.1, -0.05) is 24.3 Å². The van der Waals surface area contributed by atoms with Crippen LogP contribution in [0.4, 0.5) is 13.2 Å². The van der Waals surface area contributed by atoms with Crippen LogP contribution in [-0.4, -0.2) is 29.3 Å². The number of nitrogens with one attached hydrogen (secondary N) is 2. The maximum Gasteiger partial charge on any atom is 0.416 e. The van der Waals surface area contributed by atoms with Crippen molar-refractivity contribution < 1.29 is 22.7 Å². The lowest BCUT2D eigenvalue weighted by atomic mass is 10.1. The fourth-order valence-electron chi connectivity index (χ4n) is 3.30. The van der Waals surface area contributed by atoms with E-state index in [0.717, 1.165) is 17.7 Å². The highest BCUT2D eigenvalue weighted by molar-refractivity contribution is 5.94. The minimum absolute atomic E-state index is 0.232. The Morgan fingerprint density at radius 3 is 2.67 bits per heavy atom. The number of aromatic nitrogens is 2. The van der Waals surface area contributed by atoms with E-state index in [-0.39, 0.29) is 12.1 Å². The Morgan fingerprint density at radius 2 is 1.97 bits per heavy atom. The molecule has 0 spiro atoms. The zero-order chi connectivity index (χ0) is 21.3. The number of benzene rings is 2. The van der Waals surface area contributed by atoms with Crippen molar-refractivity contribution in [3.8, 4) is 17.0 Å². The van der Waals surface area contributed by atoms with Gasteiger partial charge in [0.25, 0.3) is 5.91 Å². The van der Waals surface area contributed by atoms with Crippen LogP contribution in [0.3, 0.4) is 0 Å². The average Bonchev–Trinajstić information content (AvgIpc) is 3.20. The molecule has 0 unspecified atom stereocenters. The van der Waals surface area contributed by atoms with Gasteiger partial charge in [-0.25, -0.2) is 4.68 Å². The third-order valence-electron chi connectivity index (χ3n) is 4.91. The molecule has 1 aliphatic rings. The number of hydrogen-bond donors (Lipinski definition) is 2. The highest BCUT2D eigenvalue weighted by Gasteiger charge is 2.30. The monoisotopic (exact) mass is 416 g/mol. The Bertz CT molecular complexity index is 1060. The lowest BCUT2D eigenvalue weighted by Gasteiger charge is -2.26. The highest BCUT2D eigenvalue weighted by atomic mass is 19.4. The fourth-order valence-corrected chi connectivity index (χ4v) is 3.30. The predicted molar refractivity (Wildman–Crippen MR) is 104 cm³/mol. The molecule has 3 aromatic rings. The van der Waals surface area contributed by atoms with Crippen LogP contribution in [0.15, 0.2) is 54.6 Å². The Labute approximate surface area is 170 Å². The van der Waals surface area contributed by atoms with E-state index in [2.05, 4.69) is 15.7 Å². The van der Waals surface area contributed by atoms with Gasteiger partial charge in [0.2, 0.25) is 0 Å². The first-order valence-corrected chi connectivity index (χ1v) is 9.27. The molecule has 2 heterocycles. The molecule has 0 aliphatic carbocycles. The summed E-state index contributed by atoms with van der Waals surface area (Å²) >= 11 is 0. The first kappa shape index (κ1) is 20.0. The van der Waals surface area contributed by atoms with Crippen LogP contribution in [0.25, 0.3) is 11.3 Å². The number of methoxy groups -OCH3 is 1. The molecule has 156 valence electrons. The SMILES string of the molecule is COc1cccc(-c2cc3n(n2)[C@@H](NCc2ccc(C(F)(F)F)cc2)CNC3=O)c1. The first-order chi connectivity index (χ1) is 14.3. The third-order valence-corrected chi connectivity index (χ3v) is 4.91. The number of ether oxygens (including phenoxy) is 1. The molecular formula is C21H19F3N4O2. The molecule has 1 amide bonds. The summed E-state index contributed by atoms with van der Waals surface area (Å²) in [5.74, 6) is 0.448. The summed E-state index contributed by atoms with van der Waals surface area (Å²) in [5, 5.41) is 10.6. The van der Waals surface area contributed by atoms with Gasteiger partial charge in [-0.3, -0.25) is 10.1 Å². The first-order valence-electron chi connectivity index (χ1n) is 9.27. The number of fused-ring (bicyclic) bond motifs is 1. The molecule has 0 fully saturated rings. The van der Waals surface area contributed by atoms with E-state index in [1.165, 1.54) is 12.1 Å². The predicted octanol–water partition coefficient (Wildman–Crippen LogP) is 3.61. The zero-order valence-corrected chi connectivity index (χ0v) is 16.0. The molecule has 2 N–H and O–H groups in total. The maximum atomic E-state index is 12.7. The average molecular weight is 416 g/mol. The summed E-state index contributed by atoms with van der Waals surface area (Å²) < 4.78 is 45.0.